The number of anilines is 1. The molecule has 26 heavy (non-hydrogen) atoms. The molecule has 2 aromatic rings. The highest BCUT2D eigenvalue weighted by Gasteiger charge is 2.20. The molecule has 0 bridgehead atoms. The molecule has 8 nitrogen and oxygen atoms in total. The molecule has 9 heteroatoms. The van der Waals surface area contributed by atoms with Crippen LogP contribution >= 0.6 is 11.8 Å². The SMILES string of the molecule is COc1cc(NC(=O)CSc2nnnn2C2CCCCC2)cc(OC)c1. The first-order valence-corrected chi connectivity index (χ1v) is 9.61. The predicted molar refractivity (Wildman–Crippen MR) is 98.8 cm³/mol. The third kappa shape index (κ3) is 4.66. The Morgan fingerprint density at radius 3 is 2.54 bits per heavy atom. The summed E-state index contributed by atoms with van der Waals surface area (Å²) in [7, 11) is 3.14. The van der Waals surface area contributed by atoms with E-state index in [-0.39, 0.29) is 11.7 Å². The van der Waals surface area contributed by atoms with Crippen LogP contribution in [0.4, 0.5) is 5.69 Å². The minimum atomic E-state index is -0.136. The zero-order valence-electron chi connectivity index (χ0n) is 15.0. The Morgan fingerprint density at radius 1 is 1.19 bits per heavy atom. The smallest absolute Gasteiger partial charge is 0.234 e. The molecule has 0 aliphatic heterocycles. The first kappa shape index (κ1) is 18.5. The van der Waals surface area contributed by atoms with Gasteiger partial charge in [0, 0.05) is 23.9 Å². The van der Waals surface area contributed by atoms with Crippen molar-refractivity contribution in [2.45, 2.75) is 43.3 Å². The van der Waals surface area contributed by atoms with Gasteiger partial charge in [-0.15, -0.1) is 5.10 Å². The zero-order valence-corrected chi connectivity index (χ0v) is 15.8. The largest absolute Gasteiger partial charge is 0.497 e. The molecule has 0 atom stereocenters. The van der Waals surface area contributed by atoms with Gasteiger partial charge in [0.25, 0.3) is 0 Å². The number of ether oxygens (including phenoxy) is 2. The summed E-state index contributed by atoms with van der Waals surface area (Å²) in [6.07, 6.45) is 5.86. The molecule has 1 aliphatic rings. The maximum absolute atomic E-state index is 12.3. The van der Waals surface area contributed by atoms with Gasteiger partial charge in [0.2, 0.25) is 11.1 Å². The van der Waals surface area contributed by atoms with Crippen LogP contribution in [0.3, 0.4) is 0 Å². The van der Waals surface area contributed by atoms with Crippen LogP contribution in [0.2, 0.25) is 0 Å². The summed E-state index contributed by atoms with van der Waals surface area (Å²) in [6.45, 7) is 0. The first-order chi connectivity index (χ1) is 12.7. The number of hydrogen-bond donors (Lipinski definition) is 1. The lowest BCUT2D eigenvalue weighted by atomic mass is 9.96. The lowest BCUT2D eigenvalue weighted by molar-refractivity contribution is -0.113. The number of thioether (sulfide) groups is 1. The summed E-state index contributed by atoms with van der Waals surface area (Å²) < 4.78 is 12.3. The van der Waals surface area contributed by atoms with Crippen molar-refractivity contribution in [3.05, 3.63) is 18.2 Å². The van der Waals surface area contributed by atoms with E-state index < -0.39 is 0 Å². The molecule has 1 saturated carbocycles. The predicted octanol–water partition coefficient (Wildman–Crippen LogP) is 2.93. The average Bonchev–Trinajstić information content (AvgIpc) is 3.15. The van der Waals surface area contributed by atoms with Crippen LogP contribution in [-0.2, 0) is 4.79 Å². The van der Waals surface area contributed by atoms with Gasteiger partial charge in [-0.05, 0) is 23.3 Å². The number of hydrogen-bond acceptors (Lipinski definition) is 7. The van der Waals surface area contributed by atoms with Crippen LogP contribution < -0.4 is 14.8 Å². The number of aromatic nitrogens is 4. The summed E-state index contributed by atoms with van der Waals surface area (Å²) >= 11 is 1.35. The molecule has 0 saturated heterocycles. The van der Waals surface area contributed by atoms with Crippen molar-refractivity contribution in [2.75, 3.05) is 25.3 Å². The quantitative estimate of drug-likeness (QED) is 0.742. The second-order valence-corrected chi connectivity index (χ2v) is 7.08. The molecule has 1 aliphatic carbocycles. The zero-order chi connectivity index (χ0) is 18.4. The van der Waals surface area contributed by atoms with E-state index in [1.165, 1.54) is 31.0 Å². The highest BCUT2D eigenvalue weighted by molar-refractivity contribution is 7.99. The molecular formula is C17H23N5O3S. The second-order valence-electron chi connectivity index (χ2n) is 6.14. The van der Waals surface area contributed by atoms with Crippen LogP contribution in [0.1, 0.15) is 38.1 Å². The average molecular weight is 377 g/mol. The lowest BCUT2D eigenvalue weighted by Crippen LogP contribution is -2.17. The Morgan fingerprint density at radius 2 is 1.88 bits per heavy atom. The Balaban J connectivity index is 1.59. The van der Waals surface area contributed by atoms with Gasteiger partial charge in [-0.25, -0.2) is 4.68 Å². The number of carbonyl (C=O) groups excluding carboxylic acids is 1. The van der Waals surface area contributed by atoms with Crippen molar-refractivity contribution in [1.29, 1.82) is 0 Å². The second kappa shape index (κ2) is 8.88. The van der Waals surface area contributed by atoms with E-state index in [0.717, 1.165) is 12.8 Å². The van der Waals surface area contributed by atoms with Gasteiger partial charge < -0.3 is 14.8 Å². The van der Waals surface area contributed by atoms with E-state index in [1.807, 2.05) is 4.68 Å². The van der Waals surface area contributed by atoms with Crippen molar-refractivity contribution < 1.29 is 14.3 Å². The van der Waals surface area contributed by atoms with Crippen LogP contribution in [-0.4, -0.2) is 46.1 Å². The van der Waals surface area contributed by atoms with E-state index in [4.69, 9.17) is 9.47 Å². The molecule has 140 valence electrons. The van der Waals surface area contributed by atoms with Gasteiger partial charge in [0.05, 0.1) is 26.0 Å². The van der Waals surface area contributed by atoms with Crippen LogP contribution in [0.5, 0.6) is 11.5 Å². The van der Waals surface area contributed by atoms with E-state index in [2.05, 4.69) is 20.8 Å². The number of rotatable bonds is 7. The third-order valence-electron chi connectivity index (χ3n) is 4.35. The van der Waals surface area contributed by atoms with Crippen molar-refractivity contribution in [3.8, 4) is 11.5 Å². The summed E-state index contributed by atoms with van der Waals surface area (Å²) in [4.78, 5) is 12.3. The number of methoxy groups -OCH3 is 2. The molecule has 0 unspecified atom stereocenters. The molecule has 0 radical (unpaired) electrons. The topological polar surface area (TPSA) is 91.2 Å². The Kier molecular flexibility index (Phi) is 6.32. The summed E-state index contributed by atoms with van der Waals surface area (Å²) in [5.41, 5.74) is 0.624. The summed E-state index contributed by atoms with van der Waals surface area (Å²) in [5, 5.41) is 15.5. The fourth-order valence-corrected chi connectivity index (χ4v) is 3.79. The summed E-state index contributed by atoms with van der Waals surface area (Å²) in [6, 6.07) is 5.59. The molecular weight excluding hydrogens is 354 g/mol. The van der Waals surface area contributed by atoms with Gasteiger partial charge >= 0.3 is 0 Å². The van der Waals surface area contributed by atoms with Gasteiger partial charge in [-0.2, -0.15) is 0 Å². The number of amides is 1. The number of tetrazole rings is 1. The molecule has 1 fully saturated rings. The van der Waals surface area contributed by atoms with E-state index >= 15 is 0 Å². The Bertz CT molecular complexity index is 723. The van der Waals surface area contributed by atoms with Crippen molar-refractivity contribution in [1.82, 2.24) is 20.2 Å². The van der Waals surface area contributed by atoms with Crippen molar-refractivity contribution in [2.24, 2.45) is 0 Å². The van der Waals surface area contributed by atoms with Gasteiger partial charge in [0.15, 0.2) is 0 Å². The molecule has 0 spiro atoms. The normalized spacial score (nSPS) is 14.8. The third-order valence-corrected chi connectivity index (χ3v) is 5.28. The molecule has 1 aromatic carbocycles. The van der Waals surface area contributed by atoms with Gasteiger partial charge in [0.1, 0.15) is 11.5 Å². The van der Waals surface area contributed by atoms with Crippen molar-refractivity contribution >= 4 is 23.4 Å². The van der Waals surface area contributed by atoms with Crippen LogP contribution in [0, 0.1) is 0 Å². The van der Waals surface area contributed by atoms with E-state index in [1.54, 1.807) is 32.4 Å². The molecule has 1 N–H and O–H groups in total. The van der Waals surface area contributed by atoms with E-state index in [9.17, 15) is 4.79 Å². The van der Waals surface area contributed by atoms with E-state index in [0.29, 0.717) is 28.4 Å². The monoisotopic (exact) mass is 377 g/mol. The minimum absolute atomic E-state index is 0.136. The molecule has 1 aromatic heterocycles. The fourth-order valence-electron chi connectivity index (χ4n) is 3.04. The maximum Gasteiger partial charge on any atom is 0.234 e. The van der Waals surface area contributed by atoms with Gasteiger partial charge in [-0.1, -0.05) is 31.0 Å². The number of nitrogens with zero attached hydrogens (tertiary/aromatic N) is 4. The van der Waals surface area contributed by atoms with Crippen molar-refractivity contribution in [3.63, 3.8) is 0 Å². The van der Waals surface area contributed by atoms with Crippen LogP contribution in [0.25, 0.3) is 0 Å². The molecule has 1 heterocycles. The minimum Gasteiger partial charge on any atom is -0.497 e. The van der Waals surface area contributed by atoms with Crippen LogP contribution in [0.15, 0.2) is 23.4 Å². The number of benzene rings is 1. The maximum atomic E-state index is 12.3. The highest BCUT2D eigenvalue weighted by Crippen LogP contribution is 2.30. The first-order valence-electron chi connectivity index (χ1n) is 8.63. The summed E-state index contributed by atoms with van der Waals surface area (Å²) in [5.74, 6) is 1.33. The fraction of sp³-hybridized carbons (Fsp3) is 0.529. The standard InChI is InChI=1S/C17H23N5O3S/c1-24-14-8-12(9-15(10-14)25-2)18-16(23)11-26-17-19-20-21-22(17)13-6-4-3-5-7-13/h8-10,13H,3-7,11H2,1-2H3,(H,18,23). The Labute approximate surface area is 156 Å². The molecule has 3 rings (SSSR count). The lowest BCUT2D eigenvalue weighted by Gasteiger charge is -2.21. The highest BCUT2D eigenvalue weighted by atomic mass is 32.2. The number of nitrogens with one attached hydrogen (secondary N) is 1. The number of carbonyl (C=O) groups is 1. The Hall–Kier alpha value is -2.29. The van der Waals surface area contributed by atoms with Gasteiger partial charge in [-0.3, -0.25) is 4.79 Å². The molecule has 1 amide bonds.